The van der Waals surface area contributed by atoms with Crippen LogP contribution < -0.4 is 5.32 Å². The van der Waals surface area contributed by atoms with Gasteiger partial charge in [-0.1, -0.05) is 19.9 Å². The average molecular weight is 199 g/mol. The lowest BCUT2D eigenvalue weighted by atomic mass is 10.1. The third-order valence-corrected chi connectivity index (χ3v) is 1.78. The molecule has 0 spiro atoms. The maximum Gasteiger partial charge on any atom is 0.305 e. The summed E-state index contributed by atoms with van der Waals surface area (Å²) in [6, 6.07) is -0.290. The van der Waals surface area contributed by atoms with Crippen molar-refractivity contribution < 1.29 is 14.7 Å². The van der Waals surface area contributed by atoms with Crippen molar-refractivity contribution in [3.8, 4) is 0 Å². The highest BCUT2D eigenvalue weighted by Crippen LogP contribution is 2.03. The van der Waals surface area contributed by atoms with Gasteiger partial charge in [0.2, 0.25) is 5.91 Å². The van der Waals surface area contributed by atoms with Gasteiger partial charge in [0.25, 0.3) is 0 Å². The summed E-state index contributed by atoms with van der Waals surface area (Å²) in [5, 5.41) is 11.2. The molecule has 0 saturated carbocycles. The Labute approximate surface area is 84.0 Å². The van der Waals surface area contributed by atoms with Crippen molar-refractivity contribution >= 4 is 11.9 Å². The molecule has 0 aliphatic heterocycles. The van der Waals surface area contributed by atoms with E-state index in [2.05, 4.69) is 11.9 Å². The zero-order chi connectivity index (χ0) is 11.1. The monoisotopic (exact) mass is 199 g/mol. The summed E-state index contributed by atoms with van der Waals surface area (Å²) in [7, 11) is 0. The lowest BCUT2D eigenvalue weighted by molar-refractivity contribution is -0.137. The van der Waals surface area contributed by atoms with Crippen molar-refractivity contribution in [1.82, 2.24) is 5.32 Å². The minimum absolute atomic E-state index is 0.0349. The molecule has 14 heavy (non-hydrogen) atoms. The molecule has 2 N–H and O–H groups in total. The summed E-state index contributed by atoms with van der Waals surface area (Å²) in [6.07, 6.45) is 1.48. The van der Waals surface area contributed by atoms with Crippen molar-refractivity contribution in [1.29, 1.82) is 0 Å². The molecule has 0 aliphatic rings. The second kappa shape index (κ2) is 6.18. The van der Waals surface area contributed by atoms with Gasteiger partial charge < -0.3 is 10.4 Å². The zero-order valence-electron chi connectivity index (χ0n) is 8.67. The molecule has 0 fully saturated rings. The van der Waals surface area contributed by atoms with Gasteiger partial charge in [0.05, 0.1) is 6.42 Å². The first-order chi connectivity index (χ1) is 6.47. The lowest BCUT2D eigenvalue weighted by Crippen LogP contribution is -2.36. The molecule has 4 nitrogen and oxygen atoms in total. The fourth-order valence-corrected chi connectivity index (χ4v) is 1.09. The number of hydrogen-bond acceptors (Lipinski definition) is 2. The van der Waals surface area contributed by atoms with Gasteiger partial charge in [-0.2, -0.15) is 0 Å². The summed E-state index contributed by atoms with van der Waals surface area (Å²) in [5.41, 5.74) is 0.400. The molecule has 0 aromatic rings. The van der Waals surface area contributed by atoms with Crippen LogP contribution in [0.25, 0.3) is 0 Å². The number of carboxylic acid groups (broad SMARTS) is 1. The molecule has 0 aromatic carbocycles. The highest BCUT2D eigenvalue weighted by molar-refractivity contribution is 5.92. The fourth-order valence-electron chi connectivity index (χ4n) is 1.09. The van der Waals surface area contributed by atoms with Gasteiger partial charge in [0, 0.05) is 11.6 Å². The van der Waals surface area contributed by atoms with Gasteiger partial charge in [0.1, 0.15) is 0 Å². The Morgan fingerprint density at radius 2 is 2.07 bits per heavy atom. The van der Waals surface area contributed by atoms with E-state index in [0.717, 1.165) is 6.42 Å². The Morgan fingerprint density at radius 3 is 2.43 bits per heavy atom. The summed E-state index contributed by atoms with van der Waals surface area (Å²) in [5.74, 6) is -1.17. The number of nitrogens with one attached hydrogen (secondary N) is 1. The highest BCUT2D eigenvalue weighted by atomic mass is 16.4. The number of aliphatic carboxylic acids is 1. The quantitative estimate of drug-likeness (QED) is 0.634. The van der Waals surface area contributed by atoms with E-state index in [1.165, 1.54) is 0 Å². The zero-order valence-corrected chi connectivity index (χ0v) is 8.67. The molecule has 80 valence electrons. The van der Waals surface area contributed by atoms with Crippen molar-refractivity contribution in [3.05, 3.63) is 12.2 Å². The first-order valence-electron chi connectivity index (χ1n) is 4.65. The molecular formula is C10H17NO3. The summed E-state index contributed by atoms with van der Waals surface area (Å²) >= 11 is 0. The molecule has 0 rings (SSSR count). The first kappa shape index (κ1) is 12.7. The molecule has 4 heteroatoms. The smallest absolute Gasteiger partial charge is 0.305 e. The van der Waals surface area contributed by atoms with Gasteiger partial charge in [-0.3, -0.25) is 9.59 Å². The number of carboxylic acids is 1. The van der Waals surface area contributed by atoms with E-state index in [1.807, 2.05) is 6.92 Å². The number of hydrogen-bond donors (Lipinski definition) is 2. The summed E-state index contributed by atoms with van der Waals surface area (Å²) in [4.78, 5) is 21.7. The van der Waals surface area contributed by atoms with Crippen LogP contribution in [0.2, 0.25) is 0 Å². The Hall–Kier alpha value is -1.32. The van der Waals surface area contributed by atoms with Crippen molar-refractivity contribution in [2.75, 3.05) is 0 Å². The molecule has 1 amide bonds. The second-order valence-electron chi connectivity index (χ2n) is 3.34. The molecule has 1 atom stereocenters. The molecule has 0 heterocycles. The van der Waals surface area contributed by atoms with Crippen LogP contribution in [0, 0.1) is 0 Å². The molecule has 1 unspecified atom stereocenters. The van der Waals surface area contributed by atoms with Crippen LogP contribution >= 0.6 is 0 Å². The van der Waals surface area contributed by atoms with Crippen molar-refractivity contribution in [2.45, 2.75) is 39.2 Å². The van der Waals surface area contributed by atoms with Crippen LogP contribution in [-0.2, 0) is 9.59 Å². The van der Waals surface area contributed by atoms with E-state index in [9.17, 15) is 9.59 Å². The Balaban J connectivity index is 4.14. The maximum absolute atomic E-state index is 11.2. The highest BCUT2D eigenvalue weighted by Gasteiger charge is 2.14. The topological polar surface area (TPSA) is 66.4 Å². The van der Waals surface area contributed by atoms with Gasteiger partial charge in [0.15, 0.2) is 0 Å². The van der Waals surface area contributed by atoms with E-state index in [4.69, 9.17) is 5.11 Å². The van der Waals surface area contributed by atoms with Crippen LogP contribution in [0.5, 0.6) is 0 Å². The predicted molar refractivity (Wildman–Crippen MR) is 53.9 cm³/mol. The minimum atomic E-state index is -0.898. The second-order valence-corrected chi connectivity index (χ2v) is 3.34. The molecular weight excluding hydrogens is 182 g/mol. The van der Waals surface area contributed by atoms with E-state index in [1.54, 1.807) is 6.92 Å². The third kappa shape index (κ3) is 5.35. The standard InChI is InChI=1S/C10H17NO3/c1-4-5-8(6-9(12)13)11-10(14)7(2)3/h8H,2,4-6H2,1,3H3,(H,11,14)(H,12,13). The SMILES string of the molecule is C=C(C)C(=O)NC(CCC)CC(=O)O. The van der Waals surface area contributed by atoms with E-state index < -0.39 is 5.97 Å². The number of rotatable bonds is 6. The first-order valence-corrected chi connectivity index (χ1v) is 4.65. The Bertz CT molecular complexity index is 236. The van der Waals surface area contributed by atoms with Crippen LogP contribution in [0.3, 0.4) is 0 Å². The van der Waals surface area contributed by atoms with Gasteiger partial charge in [-0.15, -0.1) is 0 Å². The largest absolute Gasteiger partial charge is 0.481 e. The summed E-state index contributed by atoms with van der Waals surface area (Å²) < 4.78 is 0. The predicted octanol–water partition coefficient (Wildman–Crippen LogP) is 1.32. The van der Waals surface area contributed by atoms with Crippen LogP contribution in [0.4, 0.5) is 0 Å². The maximum atomic E-state index is 11.2. The summed E-state index contributed by atoms with van der Waals surface area (Å²) in [6.45, 7) is 7.03. The molecule has 0 aromatic heterocycles. The normalized spacial score (nSPS) is 11.9. The van der Waals surface area contributed by atoms with Gasteiger partial charge >= 0.3 is 5.97 Å². The minimum Gasteiger partial charge on any atom is -0.481 e. The van der Waals surface area contributed by atoms with Crippen molar-refractivity contribution in [2.24, 2.45) is 0 Å². The third-order valence-electron chi connectivity index (χ3n) is 1.78. The number of amides is 1. The molecule has 0 bridgehead atoms. The van der Waals surface area contributed by atoms with E-state index in [-0.39, 0.29) is 18.4 Å². The van der Waals surface area contributed by atoms with Crippen molar-refractivity contribution in [3.63, 3.8) is 0 Å². The van der Waals surface area contributed by atoms with Gasteiger partial charge in [-0.05, 0) is 13.3 Å². The average Bonchev–Trinajstić information content (AvgIpc) is 2.02. The number of carbonyl (C=O) groups is 2. The van der Waals surface area contributed by atoms with Crippen LogP contribution in [0.15, 0.2) is 12.2 Å². The fraction of sp³-hybridized carbons (Fsp3) is 0.600. The lowest BCUT2D eigenvalue weighted by Gasteiger charge is -2.15. The van der Waals surface area contributed by atoms with Crippen LogP contribution in [0.1, 0.15) is 33.1 Å². The Kier molecular flexibility index (Phi) is 5.60. The van der Waals surface area contributed by atoms with Gasteiger partial charge in [-0.25, -0.2) is 0 Å². The van der Waals surface area contributed by atoms with E-state index in [0.29, 0.717) is 12.0 Å². The number of carbonyl (C=O) groups excluding carboxylic acids is 1. The van der Waals surface area contributed by atoms with Crippen LogP contribution in [-0.4, -0.2) is 23.0 Å². The molecule has 0 radical (unpaired) electrons. The van der Waals surface area contributed by atoms with E-state index >= 15 is 0 Å². The molecule has 0 aliphatic carbocycles. The Morgan fingerprint density at radius 1 is 1.50 bits per heavy atom. The molecule has 0 saturated heterocycles.